The van der Waals surface area contributed by atoms with Gasteiger partial charge in [0.2, 0.25) is 0 Å². The predicted molar refractivity (Wildman–Crippen MR) is 93.6 cm³/mol. The fraction of sp³-hybridized carbons (Fsp3) is 0.300. The molecule has 0 saturated heterocycles. The van der Waals surface area contributed by atoms with Crippen LogP contribution in [0.1, 0.15) is 38.1 Å². The Morgan fingerprint density at radius 1 is 0.957 bits per heavy atom. The van der Waals surface area contributed by atoms with Crippen LogP contribution in [-0.2, 0) is 0 Å². The van der Waals surface area contributed by atoms with Crippen molar-refractivity contribution in [2.45, 2.75) is 38.1 Å². The molecule has 1 saturated carbocycles. The SMILES string of the molecule is O=c1cc(-c2ccccc2)n(C2CCCCC2)c2ncccc12. The van der Waals surface area contributed by atoms with E-state index in [4.69, 9.17) is 0 Å². The first-order chi connectivity index (χ1) is 11.3. The van der Waals surface area contributed by atoms with Crippen molar-refractivity contribution in [2.24, 2.45) is 0 Å². The number of hydrogen-bond acceptors (Lipinski definition) is 2. The van der Waals surface area contributed by atoms with Crippen molar-refractivity contribution in [2.75, 3.05) is 0 Å². The van der Waals surface area contributed by atoms with Crippen molar-refractivity contribution in [1.82, 2.24) is 9.55 Å². The Kier molecular flexibility index (Phi) is 3.70. The summed E-state index contributed by atoms with van der Waals surface area (Å²) in [6.45, 7) is 0. The molecule has 1 aliphatic rings. The lowest BCUT2D eigenvalue weighted by atomic mass is 9.94. The van der Waals surface area contributed by atoms with E-state index in [1.165, 1.54) is 19.3 Å². The number of aromatic nitrogens is 2. The van der Waals surface area contributed by atoms with Crippen LogP contribution < -0.4 is 5.43 Å². The van der Waals surface area contributed by atoms with E-state index in [1.54, 1.807) is 12.3 Å². The van der Waals surface area contributed by atoms with Crippen LogP contribution in [0, 0.1) is 0 Å². The fourth-order valence-electron chi connectivity index (χ4n) is 3.71. The minimum atomic E-state index is 0.0546. The van der Waals surface area contributed by atoms with E-state index in [2.05, 4.69) is 21.7 Å². The highest BCUT2D eigenvalue weighted by Crippen LogP contribution is 2.34. The third kappa shape index (κ3) is 2.56. The van der Waals surface area contributed by atoms with Crippen LogP contribution in [0.5, 0.6) is 0 Å². The molecule has 0 atom stereocenters. The van der Waals surface area contributed by atoms with Gasteiger partial charge in [-0.1, -0.05) is 49.6 Å². The fourth-order valence-corrected chi connectivity index (χ4v) is 3.71. The molecule has 0 spiro atoms. The smallest absolute Gasteiger partial charge is 0.191 e. The molecular formula is C20H20N2O. The van der Waals surface area contributed by atoms with Gasteiger partial charge in [0.1, 0.15) is 5.65 Å². The second-order valence-corrected chi connectivity index (χ2v) is 6.30. The Balaban J connectivity index is 2.02. The molecule has 0 unspecified atom stereocenters. The number of benzene rings is 1. The summed E-state index contributed by atoms with van der Waals surface area (Å²) < 4.78 is 2.31. The molecule has 2 heterocycles. The Bertz CT molecular complexity index is 877. The second-order valence-electron chi connectivity index (χ2n) is 6.30. The topological polar surface area (TPSA) is 34.9 Å². The van der Waals surface area contributed by atoms with Gasteiger partial charge in [-0.2, -0.15) is 0 Å². The maximum Gasteiger partial charge on any atom is 0.191 e. The minimum Gasteiger partial charge on any atom is -0.322 e. The van der Waals surface area contributed by atoms with E-state index in [9.17, 15) is 4.79 Å². The lowest BCUT2D eigenvalue weighted by Crippen LogP contribution is -2.19. The van der Waals surface area contributed by atoms with E-state index in [1.807, 2.05) is 30.3 Å². The molecule has 1 fully saturated rings. The van der Waals surface area contributed by atoms with Crippen molar-refractivity contribution < 1.29 is 0 Å². The van der Waals surface area contributed by atoms with Gasteiger partial charge in [0.25, 0.3) is 0 Å². The molecule has 0 amide bonds. The van der Waals surface area contributed by atoms with Gasteiger partial charge in [0, 0.05) is 18.3 Å². The summed E-state index contributed by atoms with van der Waals surface area (Å²) in [5, 5.41) is 0.720. The number of nitrogens with zero attached hydrogens (tertiary/aromatic N) is 2. The molecule has 4 rings (SSSR count). The summed E-state index contributed by atoms with van der Waals surface area (Å²) in [5.74, 6) is 0. The molecule has 0 radical (unpaired) electrons. The highest BCUT2D eigenvalue weighted by atomic mass is 16.1. The van der Waals surface area contributed by atoms with Crippen LogP contribution in [0.15, 0.2) is 59.5 Å². The third-order valence-corrected chi connectivity index (χ3v) is 4.82. The molecule has 0 bridgehead atoms. The van der Waals surface area contributed by atoms with Crippen LogP contribution in [0.25, 0.3) is 22.3 Å². The van der Waals surface area contributed by atoms with Crippen molar-refractivity contribution >= 4 is 11.0 Å². The highest BCUT2D eigenvalue weighted by molar-refractivity contribution is 5.79. The van der Waals surface area contributed by atoms with Crippen molar-refractivity contribution in [3.8, 4) is 11.3 Å². The zero-order valence-corrected chi connectivity index (χ0v) is 13.1. The zero-order valence-electron chi connectivity index (χ0n) is 13.1. The molecular weight excluding hydrogens is 284 g/mol. The lowest BCUT2D eigenvalue weighted by Gasteiger charge is -2.28. The van der Waals surface area contributed by atoms with Gasteiger partial charge in [-0.05, 0) is 30.5 Å². The molecule has 3 heteroatoms. The average molecular weight is 304 g/mol. The van der Waals surface area contributed by atoms with Crippen molar-refractivity contribution in [3.63, 3.8) is 0 Å². The van der Waals surface area contributed by atoms with Crippen LogP contribution >= 0.6 is 0 Å². The maximum absolute atomic E-state index is 12.6. The molecule has 3 nitrogen and oxygen atoms in total. The number of hydrogen-bond donors (Lipinski definition) is 0. The van der Waals surface area contributed by atoms with Crippen molar-refractivity contribution in [3.05, 3.63) is 65.0 Å². The van der Waals surface area contributed by atoms with Crippen LogP contribution in [-0.4, -0.2) is 9.55 Å². The first-order valence-electron chi connectivity index (χ1n) is 8.40. The third-order valence-electron chi connectivity index (χ3n) is 4.82. The summed E-state index contributed by atoms with van der Waals surface area (Å²) >= 11 is 0. The van der Waals surface area contributed by atoms with Crippen LogP contribution in [0.3, 0.4) is 0 Å². The van der Waals surface area contributed by atoms with E-state index in [-0.39, 0.29) is 5.43 Å². The van der Waals surface area contributed by atoms with Gasteiger partial charge in [-0.15, -0.1) is 0 Å². The lowest BCUT2D eigenvalue weighted by molar-refractivity contribution is 0.360. The van der Waals surface area contributed by atoms with Gasteiger partial charge in [-0.3, -0.25) is 4.79 Å². The molecule has 23 heavy (non-hydrogen) atoms. The molecule has 1 aliphatic carbocycles. The highest BCUT2D eigenvalue weighted by Gasteiger charge is 2.21. The Hall–Kier alpha value is -2.42. The largest absolute Gasteiger partial charge is 0.322 e. The summed E-state index contributed by atoms with van der Waals surface area (Å²) in [7, 11) is 0. The Labute approximate surface area is 135 Å². The van der Waals surface area contributed by atoms with E-state index >= 15 is 0 Å². The Morgan fingerprint density at radius 3 is 2.52 bits per heavy atom. The zero-order chi connectivity index (χ0) is 15.6. The van der Waals surface area contributed by atoms with Crippen molar-refractivity contribution in [1.29, 1.82) is 0 Å². The van der Waals surface area contributed by atoms with Gasteiger partial charge < -0.3 is 4.57 Å². The number of fused-ring (bicyclic) bond motifs is 1. The Morgan fingerprint density at radius 2 is 1.74 bits per heavy atom. The molecule has 0 N–H and O–H groups in total. The van der Waals surface area contributed by atoms with E-state index in [0.29, 0.717) is 6.04 Å². The van der Waals surface area contributed by atoms with Gasteiger partial charge in [0.15, 0.2) is 5.43 Å². The number of rotatable bonds is 2. The van der Waals surface area contributed by atoms with Gasteiger partial charge in [-0.25, -0.2) is 4.98 Å². The molecule has 2 aromatic heterocycles. The molecule has 116 valence electrons. The second kappa shape index (κ2) is 5.99. The summed E-state index contributed by atoms with van der Waals surface area (Å²) in [6.07, 6.45) is 7.92. The minimum absolute atomic E-state index is 0.0546. The molecule has 3 aromatic rings. The van der Waals surface area contributed by atoms with Gasteiger partial charge >= 0.3 is 0 Å². The first-order valence-corrected chi connectivity index (χ1v) is 8.40. The standard InChI is InChI=1S/C20H20N2O/c23-19-14-18(15-8-3-1-4-9-15)22(16-10-5-2-6-11-16)20-17(19)12-7-13-21-20/h1,3-4,7-9,12-14,16H,2,5-6,10-11H2. The molecule has 1 aromatic carbocycles. The predicted octanol–water partition coefficient (Wildman–Crippen LogP) is 4.57. The maximum atomic E-state index is 12.6. The monoisotopic (exact) mass is 304 g/mol. The summed E-state index contributed by atoms with van der Waals surface area (Å²) in [6, 6.07) is 16.1. The molecule has 0 aliphatic heterocycles. The van der Waals surface area contributed by atoms with Crippen LogP contribution in [0.2, 0.25) is 0 Å². The van der Waals surface area contributed by atoms with E-state index < -0.39 is 0 Å². The first kappa shape index (κ1) is 14.2. The summed E-state index contributed by atoms with van der Waals surface area (Å²) in [5.41, 5.74) is 2.96. The van der Waals surface area contributed by atoms with E-state index in [0.717, 1.165) is 35.1 Å². The van der Waals surface area contributed by atoms with Gasteiger partial charge in [0.05, 0.1) is 11.1 Å². The summed E-state index contributed by atoms with van der Waals surface area (Å²) in [4.78, 5) is 17.1. The average Bonchev–Trinajstić information content (AvgIpc) is 2.63. The quantitative estimate of drug-likeness (QED) is 0.695. The number of pyridine rings is 2. The normalized spacial score (nSPS) is 15.8. The van der Waals surface area contributed by atoms with Crippen LogP contribution in [0.4, 0.5) is 0 Å².